The third-order valence-corrected chi connectivity index (χ3v) is 4.37. The molecule has 1 amide bonds. The van der Waals surface area contributed by atoms with Gasteiger partial charge in [-0.3, -0.25) is 14.7 Å². The summed E-state index contributed by atoms with van der Waals surface area (Å²) in [7, 11) is 1.64. The second-order valence-corrected chi connectivity index (χ2v) is 6.29. The Kier molecular flexibility index (Phi) is 6.61. The second kappa shape index (κ2) is 8.46. The molecule has 0 saturated carbocycles. The smallest absolute Gasteiger partial charge is 0.223 e. The number of amides is 1. The van der Waals surface area contributed by atoms with Crippen LogP contribution in [0.2, 0.25) is 5.02 Å². The fourth-order valence-corrected chi connectivity index (χ4v) is 2.94. The van der Waals surface area contributed by atoms with Gasteiger partial charge in [0.05, 0.1) is 6.61 Å². The van der Waals surface area contributed by atoms with Gasteiger partial charge in [0.1, 0.15) is 0 Å². The maximum Gasteiger partial charge on any atom is 0.223 e. The van der Waals surface area contributed by atoms with Crippen molar-refractivity contribution < 1.29 is 9.53 Å². The fourth-order valence-electron chi connectivity index (χ4n) is 2.77. The minimum absolute atomic E-state index is 0.0599. The number of halogens is 1. The Hall–Kier alpha value is -1.17. The van der Waals surface area contributed by atoms with E-state index in [0.717, 1.165) is 43.1 Å². The van der Waals surface area contributed by atoms with Gasteiger partial charge in [-0.2, -0.15) is 0 Å². The highest BCUT2D eigenvalue weighted by Crippen LogP contribution is 2.21. The quantitative estimate of drug-likeness (QED) is 0.870. The number of aromatic nitrogens is 1. The van der Waals surface area contributed by atoms with Crippen molar-refractivity contribution in [3.05, 3.63) is 29.0 Å². The lowest BCUT2D eigenvalue weighted by Gasteiger charge is -2.31. The monoisotopic (exact) mass is 325 g/mol. The molecule has 1 aliphatic rings. The summed E-state index contributed by atoms with van der Waals surface area (Å²) in [5, 5.41) is 3.76. The van der Waals surface area contributed by atoms with Crippen LogP contribution in [0.25, 0.3) is 0 Å². The van der Waals surface area contributed by atoms with Crippen molar-refractivity contribution in [2.45, 2.75) is 32.4 Å². The molecular weight excluding hydrogens is 302 g/mol. The van der Waals surface area contributed by atoms with Gasteiger partial charge in [0.25, 0.3) is 0 Å². The van der Waals surface area contributed by atoms with E-state index in [1.54, 1.807) is 13.3 Å². The molecule has 0 aromatic carbocycles. The van der Waals surface area contributed by atoms with E-state index >= 15 is 0 Å². The number of hydrogen-bond acceptors (Lipinski definition) is 4. The number of methoxy groups -OCH3 is 1. The van der Waals surface area contributed by atoms with Gasteiger partial charge in [0.15, 0.2) is 0 Å². The summed E-state index contributed by atoms with van der Waals surface area (Å²) in [6, 6.07) is 1.87. The number of nitrogens with zero attached hydrogens (tertiary/aromatic N) is 2. The van der Waals surface area contributed by atoms with Gasteiger partial charge >= 0.3 is 0 Å². The van der Waals surface area contributed by atoms with E-state index in [0.29, 0.717) is 6.61 Å². The van der Waals surface area contributed by atoms with Crippen LogP contribution in [-0.2, 0) is 16.1 Å². The Bertz CT molecular complexity index is 490. The Morgan fingerprint density at radius 1 is 1.55 bits per heavy atom. The molecular formula is C16H24ClN3O2. The van der Waals surface area contributed by atoms with Crippen molar-refractivity contribution in [1.82, 2.24) is 15.2 Å². The second-order valence-electron chi connectivity index (χ2n) is 5.88. The van der Waals surface area contributed by atoms with E-state index in [4.69, 9.17) is 16.3 Å². The zero-order chi connectivity index (χ0) is 15.9. The third-order valence-electron chi connectivity index (χ3n) is 4.00. The zero-order valence-corrected chi connectivity index (χ0v) is 14.0. The average Bonchev–Trinajstić information content (AvgIpc) is 2.50. The number of hydrogen-bond donors (Lipinski definition) is 1. The van der Waals surface area contributed by atoms with Gasteiger partial charge in [-0.15, -0.1) is 0 Å². The van der Waals surface area contributed by atoms with Crippen molar-refractivity contribution in [1.29, 1.82) is 0 Å². The molecule has 0 radical (unpaired) electrons. The molecule has 1 aromatic rings. The standard InChI is InChI=1S/C16H24ClN3O2/c1-12(11-22-2)19-16(21)13-4-7-20(8-5-13)10-14-9-18-6-3-15(14)17/h3,6,9,12-13H,4-5,7-8,10-11H2,1-2H3,(H,19,21). The molecule has 1 fully saturated rings. The molecule has 122 valence electrons. The summed E-state index contributed by atoms with van der Waals surface area (Å²) in [4.78, 5) is 18.6. The maximum atomic E-state index is 12.2. The van der Waals surface area contributed by atoms with Gasteiger partial charge in [-0.05, 0) is 38.9 Å². The van der Waals surface area contributed by atoms with Crippen LogP contribution in [-0.4, -0.2) is 48.6 Å². The normalized spacial score (nSPS) is 18.1. The van der Waals surface area contributed by atoms with Gasteiger partial charge in [-0.25, -0.2) is 0 Å². The minimum atomic E-state index is 0.0599. The van der Waals surface area contributed by atoms with Crippen LogP contribution in [0, 0.1) is 5.92 Å². The molecule has 6 heteroatoms. The van der Waals surface area contributed by atoms with Crippen LogP contribution in [0.1, 0.15) is 25.3 Å². The number of piperidine rings is 1. The minimum Gasteiger partial charge on any atom is -0.383 e. The summed E-state index contributed by atoms with van der Waals surface area (Å²) in [6.07, 6.45) is 5.27. The van der Waals surface area contributed by atoms with Crippen LogP contribution >= 0.6 is 11.6 Å². The number of rotatable bonds is 6. The highest BCUT2D eigenvalue weighted by Gasteiger charge is 2.25. The van der Waals surface area contributed by atoms with Crippen molar-refractivity contribution in [3.8, 4) is 0 Å². The van der Waals surface area contributed by atoms with Gasteiger partial charge in [0, 0.05) is 48.6 Å². The molecule has 5 nitrogen and oxygen atoms in total. The summed E-state index contributed by atoms with van der Waals surface area (Å²) in [6.45, 7) is 5.11. The molecule has 1 aromatic heterocycles. The van der Waals surface area contributed by atoms with E-state index in [9.17, 15) is 4.79 Å². The molecule has 1 saturated heterocycles. The summed E-state index contributed by atoms with van der Waals surface area (Å²) < 4.78 is 5.05. The fraction of sp³-hybridized carbons (Fsp3) is 0.625. The molecule has 1 atom stereocenters. The molecule has 2 heterocycles. The predicted octanol–water partition coefficient (Wildman–Crippen LogP) is 2.10. The van der Waals surface area contributed by atoms with Crippen LogP contribution in [0.4, 0.5) is 0 Å². The number of pyridine rings is 1. The Morgan fingerprint density at radius 2 is 2.27 bits per heavy atom. The van der Waals surface area contributed by atoms with Crippen molar-refractivity contribution in [3.63, 3.8) is 0 Å². The molecule has 0 aliphatic carbocycles. The van der Waals surface area contributed by atoms with E-state index in [1.807, 2.05) is 19.2 Å². The van der Waals surface area contributed by atoms with Gasteiger partial charge in [0.2, 0.25) is 5.91 Å². The molecule has 1 aliphatic heterocycles. The maximum absolute atomic E-state index is 12.2. The van der Waals surface area contributed by atoms with E-state index in [1.165, 1.54) is 0 Å². The van der Waals surface area contributed by atoms with Crippen LogP contribution in [0.15, 0.2) is 18.5 Å². The number of ether oxygens (including phenoxy) is 1. The van der Waals surface area contributed by atoms with Crippen molar-refractivity contribution >= 4 is 17.5 Å². The van der Waals surface area contributed by atoms with E-state index in [2.05, 4.69) is 15.2 Å². The Labute approximate surface area is 137 Å². The zero-order valence-electron chi connectivity index (χ0n) is 13.2. The number of carbonyl (C=O) groups excluding carboxylic acids is 1. The lowest BCUT2D eigenvalue weighted by Crippen LogP contribution is -2.44. The summed E-state index contributed by atoms with van der Waals surface area (Å²) in [5.74, 6) is 0.239. The third kappa shape index (κ3) is 4.93. The lowest BCUT2D eigenvalue weighted by atomic mass is 9.95. The van der Waals surface area contributed by atoms with Gasteiger partial charge < -0.3 is 10.1 Å². The largest absolute Gasteiger partial charge is 0.383 e. The van der Waals surface area contributed by atoms with Crippen LogP contribution < -0.4 is 5.32 Å². The first-order valence-corrected chi connectivity index (χ1v) is 8.08. The molecule has 1 unspecified atom stereocenters. The van der Waals surface area contributed by atoms with Crippen LogP contribution in [0.3, 0.4) is 0 Å². The molecule has 0 spiro atoms. The Morgan fingerprint density at radius 3 is 2.91 bits per heavy atom. The predicted molar refractivity (Wildman–Crippen MR) is 86.7 cm³/mol. The highest BCUT2D eigenvalue weighted by atomic mass is 35.5. The van der Waals surface area contributed by atoms with E-state index in [-0.39, 0.29) is 17.9 Å². The molecule has 2 rings (SSSR count). The van der Waals surface area contributed by atoms with E-state index < -0.39 is 0 Å². The first-order chi connectivity index (χ1) is 10.6. The SMILES string of the molecule is COCC(C)NC(=O)C1CCN(Cc2cnccc2Cl)CC1. The first-order valence-electron chi connectivity index (χ1n) is 7.70. The molecule has 1 N–H and O–H groups in total. The lowest BCUT2D eigenvalue weighted by molar-refractivity contribution is -0.127. The van der Waals surface area contributed by atoms with Gasteiger partial charge in [-0.1, -0.05) is 11.6 Å². The molecule has 0 bridgehead atoms. The Balaban J connectivity index is 1.78. The first kappa shape index (κ1) is 17.2. The number of likely N-dealkylation sites (tertiary alicyclic amines) is 1. The van der Waals surface area contributed by atoms with Crippen LogP contribution in [0.5, 0.6) is 0 Å². The number of carbonyl (C=O) groups is 1. The van der Waals surface area contributed by atoms with Crippen molar-refractivity contribution in [2.75, 3.05) is 26.8 Å². The summed E-state index contributed by atoms with van der Waals surface area (Å²) >= 11 is 6.17. The highest BCUT2D eigenvalue weighted by molar-refractivity contribution is 6.31. The number of nitrogens with one attached hydrogen (secondary N) is 1. The summed E-state index contributed by atoms with van der Waals surface area (Å²) in [5.41, 5.74) is 1.04. The topological polar surface area (TPSA) is 54.5 Å². The average molecular weight is 326 g/mol. The molecule has 22 heavy (non-hydrogen) atoms. The van der Waals surface area contributed by atoms with Crippen molar-refractivity contribution in [2.24, 2.45) is 5.92 Å².